The fourth-order valence-electron chi connectivity index (χ4n) is 4.08. The number of aliphatic imine (C=N–C) groups is 1. The van der Waals surface area contributed by atoms with Crippen molar-refractivity contribution in [1.82, 2.24) is 15.1 Å². The number of hydrogen-bond donors (Lipinski definition) is 1. The maximum Gasteiger partial charge on any atom is 0.193 e. The highest BCUT2D eigenvalue weighted by atomic mass is 32.1. The molecule has 0 saturated carbocycles. The summed E-state index contributed by atoms with van der Waals surface area (Å²) in [6.45, 7) is 9.23. The molecule has 5 nitrogen and oxygen atoms in total. The van der Waals surface area contributed by atoms with Crippen molar-refractivity contribution in [3.63, 3.8) is 0 Å². The first kappa shape index (κ1) is 20.6. The first-order valence-corrected chi connectivity index (χ1v) is 11.5. The predicted octanol–water partition coefficient (Wildman–Crippen LogP) is 3.60. The van der Waals surface area contributed by atoms with Gasteiger partial charge < -0.3 is 15.0 Å². The van der Waals surface area contributed by atoms with Gasteiger partial charge in [-0.05, 0) is 69.5 Å². The van der Waals surface area contributed by atoms with E-state index in [0.717, 1.165) is 44.7 Å². The van der Waals surface area contributed by atoms with Crippen molar-refractivity contribution in [2.75, 3.05) is 53.0 Å². The molecule has 2 saturated heterocycles. The molecule has 1 unspecified atom stereocenters. The summed E-state index contributed by atoms with van der Waals surface area (Å²) in [6.07, 6.45) is 6.27. The Labute approximate surface area is 168 Å². The van der Waals surface area contributed by atoms with Crippen molar-refractivity contribution in [2.24, 2.45) is 10.9 Å². The summed E-state index contributed by atoms with van der Waals surface area (Å²) >= 11 is 1.86. The molecule has 2 aliphatic heterocycles. The fourth-order valence-corrected chi connectivity index (χ4v) is 4.93. The zero-order valence-corrected chi connectivity index (χ0v) is 17.8. The van der Waals surface area contributed by atoms with Gasteiger partial charge in [0.25, 0.3) is 0 Å². The second-order valence-corrected chi connectivity index (χ2v) is 8.71. The number of hydrogen-bond acceptors (Lipinski definition) is 4. The van der Waals surface area contributed by atoms with Crippen molar-refractivity contribution < 1.29 is 4.74 Å². The van der Waals surface area contributed by atoms with E-state index in [2.05, 4.69) is 46.6 Å². The maximum atomic E-state index is 5.49. The number of nitrogens with one attached hydrogen (secondary N) is 1. The Hall–Kier alpha value is -1.11. The number of nitrogens with zero attached hydrogens (tertiary/aromatic N) is 3. The Morgan fingerprint density at radius 1 is 1.37 bits per heavy atom. The molecule has 27 heavy (non-hydrogen) atoms. The lowest BCUT2D eigenvalue weighted by Crippen LogP contribution is -2.40. The van der Waals surface area contributed by atoms with Gasteiger partial charge in [-0.15, -0.1) is 11.3 Å². The van der Waals surface area contributed by atoms with Gasteiger partial charge in [0.05, 0.1) is 12.6 Å². The van der Waals surface area contributed by atoms with Crippen molar-refractivity contribution in [1.29, 1.82) is 0 Å². The van der Waals surface area contributed by atoms with Gasteiger partial charge in [0.2, 0.25) is 0 Å². The molecule has 2 aliphatic rings. The predicted molar refractivity (Wildman–Crippen MR) is 115 cm³/mol. The minimum absolute atomic E-state index is 0.421. The molecule has 0 aromatic carbocycles. The van der Waals surface area contributed by atoms with E-state index >= 15 is 0 Å². The molecule has 1 atom stereocenters. The van der Waals surface area contributed by atoms with Crippen LogP contribution in [0.25, 0.3) is 0 Å². The first-order valence-electron chi connectivity index (χ1n) is 10.6. The summed E-state index contributed by atoms with van der Waals surface area (Å²) in [5, 5.41) is 5.69. The minimum Gasteiger partial charge on any atom is -0.381 e. The smallest absolute Gasteiger partial charge is 0.193 e. The highest BCUT2D eigenvalue weighted by molar-refractivity contribution is 7.10. The van der Waals surface area contributed by atoms with Crippen LogP contribution in [-0.2, 0) is 4.74 Å². The van der Waals surface area contributed by atoms with Crippen LogP contribution in [0.2, 0.25) is 0 Å². The summed E-state index contributed by atoms with van der Waals surface area (Å²) in [7, 11) is 2.18. The second kappa shape index (κ2) is 11.0. The van der Waals surface area contributed by atoms with E-state index in [1.54, 1.807) is 0 Å². The quantitative estimate of drug-likeness (QED) is 0.542. The Bertz CT molecular complexity index is 551. The molecular formula is C21H36N4OS. The topological polar surface area (TPSA) is 40.1 Å². The van der Waals surface area contributed by atoms with Gasteiger partial charge >= 0.3 is 0 Å². The van der Waals surface area contributed by atoms with Gasteiger partial charge in [-0.2, -0.15) is 0 Å². The molecule has 6 heteroatoms. The third kappa shape index (κ3) is 6.19. The molecule has 0 aliphatic carbocycles. The van der Waals surface area contributed by atoms with Gasteiger partial charge in [0, 0.05) is 38.2 Å². The van der Waals surface area contributed by atoms with E-state index < -0.39 is 0 Å². The van der Waals surface area contributed by atoms with Crippen LogP contribution in [-0.4, -0.2) is 68.7 Å². The Kier molecular flexibility index (Phi) is 8.42. The largest absolute Gasteiger partial charge is 0.381 e. The molecule has 1 aromatic rings. The van der Waals surface area contributed by atoms with Crippen molar-refractivity contribution in [3.05, 3.63) is 22.4 Å². The van der Waals surface area contributed by atoms with E-state index in [-0.39, 0.29) is 0 Å². The lowest BCUT2D eigenvalue weighted by Gasteiger charge is -2.28. The van der Waals surface area contributed by atoms with Gasteiger partial charge in [0.1, 0.15) is 0 Å². The van der Waals surface area contributed by atoms with E-state index in [4.69, 9.17) is 9.73 Å². The molecule has 2 fully saturated rings. The molecule has 1 N–H and O–H groups in total. The van der Waals surface area contributed by atoms with E-state index in [1.807, 2.05) is 11.3 Å². The number of ether oxygens (including phenoxy) is 1. The zero-order chi connectivity index (χ0) is 18.9. The van der Waals surface area contributed by atoms with Crippen LogP contribution in [0.1, 0.15) is 49.9 Å². The molecule has 3 rings (SSSR count). The van der Waals surface area contributed by atoms with Crippen molar-refractivity contribution >= 4 is 17.3 Å². The molecule has 1 aromatic heterocycles. The van der Waals surface area contributed by atoms with Crippen LogP contribution in [0.15, 0.2) is 22.5 Å². The van der Waals surface area contributed by atoms with Gasteiger partial charge in [-0.3, -0.25) is 9.89 Å². The molecule has 0 bridgehead atoms. The van der Waals surface area contributed by atoms with Crippen molar-refractivity contribution in [2.45, 2.75) is 45.1 Å². The fraction of sp³-hybridized carbons (Fsp3) is 0.762. The van der Waals surface area contributed by atoms with Crippen molar-refractivity contribution in [3.8, 4) is 0 Å². The summed E-state index contributed by atoms with van der Waals surface area (Å²) < 4.78 is 5.49. The van der Waals surface area contributed by atoms with Crippen LogP contribution in [0.5, 0.6) is 0 Å². The van der Waals surface area contributed by atoms with Crippen LogP contribution in [0, 0.1) is 5.92 Å². The van der Waals surface area contributed by atoms with Gasteiger partial charge in [-0.1, -0.05) is 6.07 Å². The molecular weight excluding hydrogens is 356 g/mol. The average molecular weight is 393 g/mol. The number of guanidine groups is 1. The third-order valence-corrected chi connectivity index (χ3v) is 6.75. The Morgan fingerprint density at radius 2 is 2.15 bits per heavy atom. The monoisotopic (exact) mass is 392 g/mol. The minimum atomic E-state index is 0.421. The lowest BCUT2D eigenvalue weighted by atomic mass is 9.96. The van der Waals surface area contributed by atoms with Gasteiger partial charge in [-0.25, -0.2) is 0 Å². The third-order valence-electron chi connectivity index (χ3n) is 5.78. The summed E-state index contributed by atoms with van der Waals surface area (Å²) in [5.74, 6) is 1.85. The Balaban J connectivity index is 1.60. The zero-order valence-electron chi connectivity index (χ0n) is 17.0. The molecule has 3 heterocycles. The van der Waals surface area contributed by atoms with Crippen LogP contribution < -0.4 is 5.32 Å². The second-order valence-electron chi connectivity index (χ2n) is 7.73. The average Bonchev–Trinajstić information content (AvgIpc) is 3.41. The van der Waals surface area contributed by atoms with Gasteiger partial charge in [0.15, 0.2) is 5.96 Å². The number of thiophene rings is 1. The maximum absolute atomic E-state index is 5.49. The summed E-state index contributed by atoms with van der Waals surface area (Å²) in [5.41, 5.74) is 0. The van der Waals surface area contributed by atoms with E-state index in [0.29, 0.717) is 6.04 Å². The standard InChI is InChI=1S/C21H36N4OS/c1-3-22-21(24(2)13-8-18-9-14-26-15-10-18)23-17-19(20-7-6-16-27-20)25-11-4-5-12-25/h6-7,16,18-19H,3-5,8-15,17H2,1-2H3,(H,22,23). The summed E-state index contributed by atoms with van der Waals surface area (Å²) in [6, 6.07) is 4.85. The SMILES string of the molecule is CCNC(=NCC(c1cccs1)N1CCCC1)N(C)CCC1CCOCC1. The molecule has 0 radical (unpaired) electrons. The number of rotatable bonds is 8. The Morgan fingerprint density at radius 3 is 2.81 bits per heavy atom. The van der Waals surface area contributed by atoms with Crippen LogP contribution in [0.3, 0.4) is 0 Å². The highest BCUT2D eigenvalue weighted by Crippen LogP contribution is 2.28. The molecule has 0 amide bonds. The van der Waals surface area contributed by atoms with Crippen LogP contribution >= 0.6 is 11.3 Å². The first-order chi connectivity index (χ1) is 13.3. The van der Waals surface area contributed by atoms with E-state index in [9.17, 15) is 0 Å². The van der Waals surface area contributed by atoms with Crippen LogP contribution in [0.4, 0.5) is 0 Å². The summed E-state index contributed by atoms with van der Waals surface area (Å²) in [4.78, 5) is 11.4. The molecule has 0 spiro atoms. The van der Waals surface area contributed by atoms with E-state index in [1.165, 1.54) is 50.1 Å². The lowest BCUT2D eigenvalue weighted by molar-refractivity contribution is 0.0625. The highest BCUT2D eigenvalue weighted by Gasteiger charge is 2.24. The molecule has 152 valence electrons. The number of likely N-dealkylation sites (tertiary alicyclic amines) is 1. The normalized spacial score (nSPS) is 20.7.